The summed E-state index contributed by atoms with van der Waals surface area (Å²) < 4.78 is 5.27. The third-order valence-electron chi connectivity index (χ3n) is 3.36. The number of likely N-dealkylation sites (tertiary alicyclic amines) is 1. The Morgan fingerprint density at radius 1 is 1.45 bits per heavy atom. The van der Waals surface area contributed by atoms with E-state index in [0.29, 0.717) is 18.8 Å². The van der Waals surface area contributed by atoms with E-state index in [1.165, 1.54) is 12.1 Å². The Kier molecular flexibility index (Phi) is 4.57. The zero-order valence-electron chi connectivity index (χ0n) is 11.3. The minimum absolute atomic E-state index is 0.0693. The van der Waals surface area contributed by atoms with E-state index in [0.717, 1.165) is 12.8 Å². The van der Waals surface area contributed by atoms with Gasteiger partial charge in [-0.3, -0.25) is 0 Å². The van der Waals surface area contributed by atoms with Gasteiger partial charge in [-0.1, -0.05) is 6.07 Å². The van der Waals surface area contributed by atoms with Gasteiger partial charge >= 0.3 is 12.0 Å². The van der Waals surface area contributed by atoms with Gasteiger partial charge in [0.05, 0.1) is 11.7 Å². The first kappa shape index (κ1) is 14.3. The van der Waals surface area contributed by atoms with Gasteiger partial charge in [-0.2, -0.15) is 0 Å². The van der Waals surface area contributed by atoms with Gasteiger partial charge in [0.2, 0.25) is 0 Å². The number of carboxylic acid groups (broad SMARTS) is 1. The third-order valence-corrected chi connectivity index (χ3v) is 3.36. The van der Waals surface area contributed by atoms with Crippen molar-refractivity contribution in [2.45, 2.75) is 18.9 Å². The van der Waals surface area contributed by atoms with Gasteiger partial charge in [-0.05, 0) is 31.0 Å². The van der Waals surface area contributed by atoms with Crippen molar-refractivity contribution < 1.29 is 19.4 Å². The number of amides is 2. The first-order valence-corrected chi connectivity index (χ1v) is 6.52. The first-order chi connectivity index (χ1) is 9.60. The van der Waals surface area contributed by atoms with E-state index in [1.54, 1.807) is 24.1 Å². The minimum Gasteiger partial charge on any atom is -0.478 e. The molecule has 0 aromatic heterocycles. The average Bonchev–Trinajstić information content (AvgIpc) is 2.47. The highest BCUT2D eigenvalue weighted by Crippen LogP contribution is 2.15. The fourth-order valence-corrected chi connectivity index (χ4v) is 2.25. The van der Waals surface area contributed by atoms with Gasteiger partial charge in [0.25, 0.3) is 0 Å². The lowest BCUT2D eigenvalue weighted by atomic mass is 10.1. The molecule has 0 aliphatic carbocycles. The van der Waals surface area contributed by atoms with Crippen LogP contribution in [0.5, 0.6) is 0 Å². The summed E-state index contributed by atoms with van der Waals surface area (Å²) in [7, 11) is 1.64. The third kappa shape index (κ3) is 3.48. The van der Waals surface area contributed by atoms with Crippen LogP contribution >= 0.6 is 0 Å². The molecule has 108 valence electrons. The molecule has 0 radical (unpaired) electrons. The summed E-state index contributed by atoms with van der Waals surface area (Å²) in [6, 6.07) is 5.97. The quantitative estimate of drug-likeness (QED) is 0.886. The first-order valence-electron chi connectivity index (χ1n) is 6.52. The van der Waals surface area contributed by atoms with Gasteiger partial charge in [0, 0.05) is 25.9 Å². The predicted octanol–water partition coefficient (Wildman–Crippen LogP) is 2.03. The zero-order valence-corrected chi connectivity index (χ0v) is 11.3. The molecule has 0 bridgehead atoms. The van der Waals surface area contributed by atoms with Gasteiger partial charge in [-0.15, -0.1) is 0 Å². The number of rotatable bonds is 3. The summed E-state index contributed by atoms with van der Waals surface area (Å²) in [5, 5.41) is 11.6. The maximum atomic E-state index is 12.1. The number of hydrogen-bond acceptors (Lipinski definition) is 3. The maximum absolute atomic E-state index is 12.1. The lowest BCUT2D eigenvalue weighted by Gasteiger charge is -2.31. The van der Waals surface area contributed by atoms with Crippen molar-refractivity contribution in [3.05, 3.63) is 29.8 Å². The zero-order chi connectivity index (χ0) is 14.5. The fraction of sp³-hybridized carbons (Fsp3) is 0.429. The molecule has 20 heavy (non-hydrogen) atoms. The second-order valence-electron chi connectivity index (χ2n) is 4.76. The van der Waals surface area contributed by atoms with Crippen LogP contribution in [0.1, 0.15) is 23.2 Å². The van der Waals surface area contributed by atoms with E-state index >= 15 is 0 Å². The lowest BCUT2D eigenvalue weighted by molar-refractivity contribution is 0.0458. The average molecular weight is 278 g/mol. The van der Waals surface area contributed by atoms with Crippen LogP contribution in [0.4, 0.5) is 10.5 Å². The summed E-state index contributed by atoms with van der Waals surface area (Å²) in [5.41, 5.74) is 0.630. The van der Waals surface area contributed by atoms with Crippen molar-refractivity contribution in [3.8, 4) is 0 Å². The number of carboxylic acids is 1. The highest BCUT2D eigenvalue weighted by atomic mass is 16.5. The van der Waals surface area contributed by atoms with Gasteiger partial charge in [-0.25, -0.2) is 9.59 Å². The second kappa shape index (κ2) is 6.38. The molecule has 2 rings (SSSR count). The predicted molar refractivity (Wildman–Crippen MR) is 74.0 cm³/mol. The molecule has 1 aliphatic heterocycles. The van der Waals surface area contributed by atoms with Crippen LogP contribution in [0.3, 0.4) is 0 Å². The molecular formula is C14H18N2O4. The lowest BCUT2D eigenvalue weighted by Crippen LogP contribution is -2.44. The van der Waals surface area contributed by atoms with Crippen molar-refractivity contribution in [2.75, 3.05) is 25.5 Å². The topological polar surface area (TPSA) is 78.9 Å². The van der Waals surface area contributed by atoms with Crippen LogP contribution in [0.25, 0.3) is 0 Å². The number of piperidine rings is 1. The minimum atomic E-state index is -1.02. The SMILES string of the molecule is COC1CCCN(C(=O)Nc2cccc(C(=O)O)c2)C1. The van der Waals surface area contributed by atoms with E-state index in [2.05, 4.69) is 5.32 Å². The summed E-state index contributed by atoms with van der Waals surface area (Å²) in [6.07, 6.45) is 1.93. The van der Waals surface area contributed by atoms with Crippen LogP contribution in [-0.4, -0.2) is 48.3 Å². The Hall–Kier alpha value is -2.08. The number of nitrogens with zero attached hydrogens (tertiary/aromatic N) is 1. The largest absolute Gasteiger partial charge is 0.478 e. The molecular weight excluding hydrogens is 260 g/mol. The van der Waals surface area contributed by atoms with E-state index in [9.17, 15) is 9.59 Å². The molecule has 6 heteroatoms. The van der Waals surface area contributed by atoms with E-state index < -0.39 is 5.97 Å². The Bertz CT molecular complexity index is 504. The molecule has 0 saturated carbocycles. The number of anilines is 1. The van der Waals surface area contributed by atoms with Crippen LogP contribution < -0.4 is 5.32 Å². The molecule has 6 nitrogen and oxygen atoms in total. The molecule has 1 aromatic carbocycles. The van der Waals surface area contributed by atoms with Crippen LogP contribution in [0, 0.1) is 0 Å². The number of nitrogens with one attached hydrogen (secondary N) is 1. The molecule has 1 aromatic rings. The fourth-order valence-electron chi connectivity index (χ4n) is 2.25. The Labute approximate surface area is 117 Å². The number of benzene rings is 1. The summed E-state index contributed by atoms with van der Waals surface area (Å²) in [4.78, 5) is 24.7. The Balaban J connectivity index is 2.00. The molecule has 0 spiro atoms. The van der Waals surface area contributed by atoms with Gasteiger partial charge < -0.3 is 20.1 Å². The van der Waals surface area contributed by atoms with Crippen LogP contribution in [-0.2, 0) is 4.74 Å². The van der Waals surface area contributed by atoms with Crippen molar-refractivity contribution >= 4 is 17.7 Å². The number of methoxy groups -OCH3 is 1. The van der Waals surface area contributed by atoms with Crippen LogP contribution in [0.15, 0.2) is 24.3 Å². The summed E-state index contributed by atoms with van der Waals surface area (Å²) >= 11 is 0. The van der Waals surface area contributed by atoms with Crippen molar-refractivity contribution in [1.29, 1.82) is 0 Å². The van der Waals surface area contributed by atoms with E-state index in [1.807, 2.05) is 0 Å². The Morgan fingerprint density at radius 2 is 2.25 bits per heavy atom. The molecule has 1 heterocycles. The standard InChI is InChI=1S/C14H18N2O4/c1-20-12-6-3-7-16(9-12)14(19)15-11-5-2-4-10(8-11)13(17)18/h2,4-5,8,12H,3,6-7,9H2,1H3,(H,15,19)(H,17,18). The molecule has 1 aliphatic rings. The number of ether oxygens (including phenoxy) is 1. The van der Waals surface area contributed by atoms with Gasteiger partial charge in [0.1, 0.15) is 0 Å². The number of hydrogen-bond donors (Lipinski definition) is 2. The second-order valence-corrected chi connectivity index (χ2v) is 4.76. The highest BCUT2D eigenvalue weighted by molar-refractivity contribution is 5.93. The maximum Gasteiger partial charge on any atom is 0.335 e. The Morgan fingerprint density at radius 3 is 2.95 bits per heavy atom. The number of urea groups is 1. The van der Waals surface area contributed by atoms with Crippen molar-refractivity contribution in [3.63, 3.8) is 0 Å². The van der Waals surface area contributed by atoms with Crippen LogP contribution in [0.2, 0.25) is 0 Å². The van der Waals surface area contributed by atoms with E-state index in [-0.39, 0.29) is 17.7 Å². The smallest absolute Gasteiger partial charge is 0.335 e. The molecule has 1 atom stereocenters. The summed E-state index contributed by atoms with van der Waals surface area (Å²) in [6.45, 7) is 1.24. The molecule has 2 amide bonds. The normalized spacial score (nSPS) is 18.6. The molecule has 2 N–H and O–H groups in total. The van der Waals surface area contributed by atoms with E-state index in [4.69, 9.17) is 9.84 Å². The number of carbonyl (C=O) groups is 2. The monoisotopic (exact) mass is 278 g/mol. The van der Waals surface area contributed by atoms with Crippen molar-refractivity contribution in [1.82, 2.24) is 4.90 Å². The summed E-state index contributed by atoms with van der Waals surface area (Å²) in [5.74, 6) is -1.02. The molecule has 1 fully saturated rings. The van der Waals surface area contributed by atoms with Crippen molar-refractivity contribution in [2.24, 2.45) is 0 Å². The number of carbonyl (C=O) groups excluding carboxylic acids is 1. The molecule has 1 saturated heterocycles. The molecule has 1 unspecified atom stereocenters. The highest BCUT2D eigenvalue weighted by Gasteiger charge is 2.23. The van der Waals surface area contributed by atoms with Gasteiger partial charge in [0.15, 0.2) is 0 Å². The number of aromatic carboxylic acids is 1.